The zero-order chi connectivity index (χ0) is 19.1. The first kappa shape index (κ1) is 19.6. The summed E-state index contributed by atoms with van der Waals surface area (Å²) in [5.74, 6) is -0.692. The van der Waals surface area contributed by atoms with Crippen LogP contribution in [0.25, 0.3) is 11.1 Å². The van der Waals surface area contributed by atoms with Crippen LogP contribution in [0.5, 0.6) is 0 Å². The van der Waals surface area contributed by atoms with Gasteiger partial charge in [-0.3, -0.25) is 14.9 Å². The van der Waals surface area contributed by atoms with Crippen molar-refractivity contribution in [1.29, 1.82) is 0 Å². The van der Waals surface area contributed by atoms with E-state index < -0.39 is 10.9 Å². The first-order valence-corrected chi connectivity index (χ1v) is 9.19. The molecule has 1 heterocycles. The highest BCUT2D eigenvalue weighted by Crippen LogP contribution is 2.37. The number of rotatable bonds is 8. The Balaban J connectivity index is 2.37. The number of thiophene rings is 1. The van der Waals surface area contributed by atoms with Crippen LogP contribution in [0, 0.1) is 10.1 Å². The van der Waals surface area contributed by atoms with Crippen molar-refractivity contribution in [2.24, 2.45) is 0 Å². The van der Waals surface area contributed by atoms with Crippen LogP contribution in [0.4, 0.5) is 10.7 Å². The summed E-state index contributed by atoms with van der Waals surface area (Å²) in [4.78, 5) is 34.8. The van der Waals surface area contributed by atoms with Crippen LogP contribution in [-0.2, 0) is 9.53 Å². The number of carbonyl (C=O) groups is 2. The number of carbonyl (C=O) groups excluding carboxylic acids is 2. The summed E-state index contributed by atoms with van der Waals surface area (Å²) >= 11 is 1.23. The average Bonchev–Trinajstić information content (AvgIpc) is 3.03. The Bertz CT molecular complexity index is 798. The zero-order valence-corrected chi connectivity index (χ0v) is 15.4. The summed E-state index contributed by atoms with van der Waals surface area (Å²) in [7, 11) is 0. The zero-order valence-electron chi connectivity index (χ0n) is 14.6. The highest BCUT2D eigenvalue weighted by molar-refractivity contribution is 7.15. The Morgan fingerprint density at radius 1 is 1.23 bits per heavy atom. The number of benzene rings is 1. The van der Waals surface area contributed by atoms with Gasteiger partial charge in [0.15, 0.2) is 0 Å². The molecule has 2 rings (SSSR count). The van der Waals surface area contributed by atoms with Gasteiger partial charge >= 0.3 is 5.97 Å². The molecule has 138 valence electrons. The Labute approximate surface area is 155 Å². The van der Waals surface area contributed by atoms with Crippen molar-refractivity contribution in [3.63, 3.8) is 0 Å². The van der Waals surface area contributed by atoms with Gasteiger partial charge in [-0.1, -0.05) is 13.3 Å². The van der Waals surface area contributed by atoms with Gasteiger partial charge in [-0.05, 0) is 31.0 Å². The molecule has 1 aromatic heterocycles. The summed E-state index contributed by atoms with van der Waals surface area (Å²) in [6, 6.07) is 5.90. The number of anilines is 1. The Morgan fingerprint density at radius 3 is 2.50 bits per heavy atom. The largest absolute Gasteiger partial charge is 0.462 e. The van der Waals surface area contributed by atoms with Gasteiger partial charge in [-0.2, -0.15) is 0 Å². The first-order chi connectivity index (χ1) is 12.5. The third-order valence-corrected chi connectivity index (χ3v) is 4.57. The molecule has 8 heteroatoms. The molecule has 26 heavy (non-hydrogen) atoms. The Hall–Kier alpha value is -2.74. The number of esters is 1. The number of amides is 1. The lowest BCUT2D eigenvalue weighted by atomic mass is 10.0. The lowest BCUT2D eigenvalue weighted by molar-refractivity contribution is -0.384. The van der Waals surface area contributed by atoms with Gasteiger partial charge in [0, 0.05) is 29.5 Å². The molecule has 0 aliphatic heterocycles. The maximum absolute atomic E-state index is 12.4. The lowest BCUT2D eigenvalue weighted by Gasteiger charge is -2.08. The fourth-order valence-electron chi connectivity index (χ4n) is 2.36. The van der Waals surface area contributed by atoms with Crippen molar-refractivity contribution in [3.8, 4) is 11.1 Å². The molecule has 0 aliphatic rings. The van der Waals surface area contributed by atoms with Crippen molar-refractivity contribution in [2.45, 2.75) is 33.1 Å². The van der Waals surface area contributed by atoms with Crippen molar-refractivity contribution in [1.82, 2.24) is 0 Å². The number of hydrogen-bond acceptors (Lipinski definition) is 6. The Morgan fingerprint density at radius 2 is 1.92 bits per heavy atom. The van der Waals surface area contributed by atoms with Crippen LogP contribution in [0.3, 0.4) is 0 Å². The summed E-state index contributed by atoms with van der Waals surface area (Å²) in [5, 5.41) is 15.7. The highest BCUT2D eigenvalue weighted by Gasteiger charge is 2.23. The molecule has 7 nitrogen and oxygen atoms in total. The van der Waals surface area contributed by atoms with Crippen LogP contribution in [0.2, 0.25) is 0 Å². The topological polar surface area (TPSA) is 98.5 Å². The Kier molecular flexibility index (Phi) is 6.85. The van der Waals surface area contributed by atoms with Gasteiger partial charge in [0.2, 0.25) is 5.91 Å². The SMILES string of the molecule is CCCCC(=O)Nc1scc(-c2ccc([N+](=O)[O-])cc2)c1C(=O)OCC. The normalized spacial score (nSPS) is 10.4. The molecule has 1 aromatic carbocycles. The summed E-state index contributed by atoms with van der Waals surface area (Å²) < 4.78 is 5.12. The van der Waals surface area contributed by atoms with E-state index in [1.165, 1.54) is 23.5 Å². The van der Waals surface area contributed by atoms with E-state index in [1.807, 2.05) is 6.92 Å². The van der Waals surface area contributed by atoms with E-state index in [0.717, 1.165) is 12.8 Å². The van der Waals surface area contributed by atoms with Crippen molar-refractivity contribution in [2.75, 3.05) is 11.9 Å². The van der Waals surface area contributed by atoms with Gasteiger partial charge in [-0.15, -0.1) is 11.3 Å². The molecule has 2 aromatic rings. The van der Waals surface area contributed by atoms with Crippen LogP contribution >= 0.6 is 11.3 Å². The molecule has 0 saturated heterocycles. The van der Waals surface area contributed by atoms with Gasteiger partial charge in [-0.25, -0.2) is 4.79 Å². The maximum atomic E-state index is 12.4. The van der Waals surface area contributed by atoms with Crippen LogP contribution in [-0.4, -0.2) is 23.4 Å². The standard InChI is InChI=1S/C18H20N2O5S/c1-3-5-6-15(21)19-17-16(18(22)25-4-2)14(11-26-17)12-7-9-13(10-8-12)20(23)24/h7-11H,3-6H2,1-2H3,(H,19,21). The molecule has 1 N–H and O–H groups in total. The van der Waals surface area contributed by atoms with Crippen molar-refractivity contribution >= 4 is 33.9 Å². The second-order valence-corrected chi connectivity index (χ2v) is 6.41. The predicted molar refractivity (Wildman–Crippen MR) is 101 cm³/mol. The van der Waals surface area contributed by atoms with Crippen LogP contribution in [0.1, 0.15) is 43.5 Å². The molecule has 0 radical (unpaired) electrons. The molecule has 0 bridgehead atoms. The van der Waals surface area contributed by atoms with Gasteiger partial charge < -0.3 is 10.1 Å². The molecular formula is C18H20N2O5S. The highest BCUT2D eigenvalue weighted by atomic mass is 32.1. The van der Waals surface area contributed by atoms with Crippen LogP contribution in [0.15, 0.2) is 29.6 Å². The predicted octanol–water partition coefficient (Wildman–Crippen LogP) is 4.63. The minimum absolute atomic E-state index is 0.0326. The quantitative estimate of drug-likeness (QED) is 0.411. The minimum atomic E-state index is -0.534. The first-order valence-electron chi connectivity index (χ1n) is 8.31. The van der Waals surface area contributed by atoms with Gasteiger partial charge in [0.25, 0.3) is 5.69 Å². The van der Waals surface area contributed by atoms with E-state index >= 15 is 0 Å². The van der Waals surface area contributed by atoms with Crippen molar-refractivity contribution < 1.29 is 19.2 Å². The molecular weight excluding hydrogens is 356 g/mol. The van der Waals surface area contributed by atoms with Gasteiger partial charge in [0.05, 0.1) is 11.5 Å². The number of nitro benzene ring substituents is 1. The maximum Gasteiger partial charge on any atom is 0.341 e. The molecule has 0 aliphatic carbocycles. The number of hydrogen-bond donors (Lipinski definition) is 1. The second kappa shape index (κ2) is 9.10. The van der Waals surface area contributed by atoms with E-state index in [4.69, 9.17) is 4.74 Å². The monoisotopic (exact) mass is 376 g/mol. The van der Waals surface area contributed by atoms with E-state index in [-0.39, 0.29) is 23.8 Å². The molecule has 0 fully saturated rings. The van der Waals surface area contributed by atoms with Crippen molar-refractivity contribution in [3.05, 3.63) is 45.3 Å². The number of nitrogens with zero attached hydrogens (tertiary/aromatic N) is 1. The molecule has 0 unspecified atom stereocenters. The fourth-order valence-corrected chi connectivity index (χ4v) is 3.33. The third-order valence-electron chi connectivity index (χ3n) is 3.67. The summed E-state index contributed by atoms with van der Waals surface area (Å²) in [6.45, 7) is 3.90. The number of nitro groups is 1. The fraction of sp³-hybridized carbons (Fsp3) is 0.333. The van der Waals surface area contributed by atoms with E-state index in [2.05, 4.69) is 5.32 Å². The third kappa shape index (κ3) is 4.66. The summed E-state index contributed by atoms with van der Waals surface area (Å²) in [6.07, 6.45) is 2.04. The summed E-state index contributed by atoms with van der Waals surface area (Å²) in [5.41, 5.74) is 1.46. The molecule has 0 saturated carbocycles. The smallest absolute Gasteiger partial charge is 0.341 e. The molecule has 0 atom stereocenters. The van der Waals surface area contributed by atoms with E-state index in [1.54, 1.807) is 24.4 Å². The minimum Gasteiger partial charge on any atom is -0.462 e. The number of nitrogens with one attached hydrogen (secondary N) is 1. The van der Waals surface area contributed by atoms with E-state index in [0.29, 0.717) is 22.5 Å². The van der Waals surface area contributed by atoms with Gasteiger partial charge in [0.1, 0.15) is 10.6 Å². The number of ether oxygens (including phenoxy) is 1. The van der Waals surface area contributed by atoms with Crippen LogP contribution < -0.4 is 5.32 Å². The lowest BCUT2D eigenvalue weighted by Crippen LogP contribution is -2.14. The van der Waals surface area contributed by atoms with E-state index in [9.17, 15) is 19.7 Å². The second-order valence-electron chi connectivity index (χ2n) is 5.53. The average molecular weight is 376 g/mol. The molecule has 0 spiro atoms. The number of non-ortho nitro benzene ring substituents is 1. The number of unbranched alkanes of at least 4 members (excludes halogenated alkanes) is 1. The molecule has 1 amide bonds.